The van der Waals surface area contributed by atoms with Crippen LogP contribution in [0, 0.1) is 6.92 Å². The molecule has 3 rings (SSSR count). The lowest BCUT2D eigenvalue weighted by molar-refractivity contribution is -0.117. The first-order chi connectivity index (χ1) is 13.1. The summed E-state index contributed by atoms with van der Waals surface area (Å²) in [6, 6.07) is 13.5. The van der Waals surface area contributed by atoms with Gasteiger partial charge in [-0.1, -0.05) is 29.8 Å². The van der Waals surface area contributed by atoms with E-state index in [1.54, 1.807) is 0 Å². The summed E-state index contributed by atoms with van der Waals surface area (Å²) in [5.41, 5.74) is 3.12. The Balaban J connectivity index is 1.53. The van der Waals surface area contributed by atoms with E-state index in [9.17, 15) is 4.79 Å². The molecule has 0 unspecified atom stereocenters. The smallest absolute Gasteiger partial charge is 0.238 e. The van der Waals surface area contributed by atoms with Gasteiger partial charge >= 0.3 is 0 Å². The number of nitrogens with zero attached hydrogens (tertiary/aromatic N) is 2. The van der Waals surface area contributed by atoms with Gasteiger partial charge in [0, 0.05) is 36.9 Å². The monoisotopic (exact) mass is 387 g/mol. The summed E-state index contributed by atoms with van der Waals surface area (Å²) in [6.07, 6.45) is 0. The molecule has 0 bridgehead atoms. The fourth-order valence-corrected chi connectivity index (χ4v) is 3.48. The molecule has 1 aliphatic rings. The van der Waals surface area contributed by atoms with Crippen LogP contribution >= 0.6 is 11.6 Å². The van der Waals surface area contributed by atoms with E-state index in [4.69, 9.17) is 16.3 Å². The number of hydrogen-bond donors (Lipinski definition) is 1. The van der Waals surface area contributed by atoms with Gasteiger partial charge in [0.1, 0.15) is 5.75 Å². The van der Waals surface area contributed by atoms with Crippen molar-refractivity contribution in [2.24, 2.45) is 0 Å². The van der Waals surface area contributed by atoms with Crippen LogP contribution in [0.2, 0.25) is 5.02 Å². The number of benzene rings is 2. The Labute approximate surface area is 165 Å². The normalized spacial score (nSPS) is 14.9. The first-order valence-electron chi connectivity index (χ1n) is 9.32. The SMILES string of the molecule is CCOc1ccccc1NC(=O)CN1CCN(c2cc(Cl)ccc2C)CC1. The molecule has 0 aliphatic carbocycles. The second-order valence-electron chi connectivity index (χ2n) is 6.67. The van der Waals surface area contributed by atoms with E-state index in [0.717, 1.165) is 36.9 Å². The number of ether oxygens (including phenoxy) is 1. The lowest BCUT2D eigenvalue weighted by atomic mass is 10.1. The summed E-state index contributed by atoms with van der Waals surface area (Å²) in [4.78, 5) is 17.0. The molecule has 1 N–H and O–H groups in total. The van der Waals surface area contributed by atoms with E-state index in [0.29, 0.717) is 18.9 Å². The molecule has 1 amide bonds. The fraction of sp³-hybridized carbons (Fsp3) is 0.381. The van der Waals surface area contributed by atoms with Crippen LogP contribution in [0.25, 0.3) is 0 Å². The average molecular weight is 388 g/mol. The molecular weight excluding hydrogens is 362 g/mol. The third-order valence-electron chi connectivity index (χ3n) is 4.71. The van der Waals surface area contributed by atoms with Gasteiger partial charge in [-0.2, -0.15) is 0 Å². The van der Waals surface area contributed by atoms with Crippen molar-refractivity contribution in [1.29, 1.82) is 0 Å². The molecule has 0 aromatic heterocycles. The van der Waals surface area contributed by atoms with Gasteiger partial charge in [-0.05, 0) is 43.7 Å². The van der Waals surface area contributed by atoms with Crippen LogP contribution < -0.4 is 15.0 Å². The number of carbonyl (C=O) groups excluding carboxylic acids is 1. The number of anilines is 2. The standard InChI is InChI=1S/C21H26ClN3O2/c1-3-27-20-7-5-4-6-18(20)23-21(26)15-24-10-12-25(13-11-24)19-14-17(22)9-8-16(19)2/h4-9,14H,3,10-13,15H2,1-2H3,(H,23,26). The van der Waals surface area contributed by atoms with Crippen molar-refractivity contribution in [3.63, 3.8) is 0 Å². The van der Waals surface area contributed by atoms with Crippen molar-refractivity contribution < 1.29 is 9.53 Å². The van der Waals surface area contributed by atoms with Gasteiger partial charge in [-0.15, -0.1) is 0 Å². The van der Waals surface area contributed by atoms with Crippen LogP contribution in [0.4, 0.5) is 11.4 Å². The number of nitrogens with one attached hydrogen (secondary N) is 1. The Bertz CT molecular complexity index is 789. The summed E-state index contributed by atoms with van der Waals surface area (Å²) >= 11 is 6.15. The zero-order valence-corrected chi connectivity index (χ0v) is 16.6. The van der Waals surface area contributed by atoms with E-state index in [-0.39, 0.29) is 5.91 Å². The molecule has 144 valence electrons. The van der Waals surface area contributed by atoms with Gasteiger partial charge in [-0.25, -0.2) is 0 Å². The number of halogens is 1. The number of piperazine rings is 1. The maximum Gasteiger partial charge on any atom is 0.238 e. The molecule has 1 aliphatic heterocycles. The van der Waals surface area contributed by atoms with Crippen LogP contribution in [0.1, 0.15) is 12.5 Å². The van der Waals surface area contributed by atoms with Crippen LogP contribution in [0.15, 0.2) is 42.5 Å². The van der Waals surface area contributed by atoms with Crippen molar-refractivity contribution in [2.75, 3.05) is 49.5 Å². The largest absolute Gasteiger partial charge is 0.492 e. The summed E-state index contributed by atoms with van der Waals surface area (Å²) in [5.74, 6) is 0.684. The molecule has 5 nitrogen and oxygen atoms in total. The highest BCUT2D eigenvalue weighted by molar-refractivity contribution is 6.30. The number of carbonyl (C=O) groups is 1. The van der Waals surface area contributed by atoms with Crippen molar-refractivity contribution in [1.82, 2.24) is 4.90 Å². The summed E-state index contributed by atoms with van der Waals surface area (Å²) in [6.45, 7) is 8.41. The number of aryl methyl sites for hydroxylation is 1. The molecule has 0 radical (unpaired) electrons. The second-order valence-corrected chi connectivity index (χ2v) is 7.11. The van der Waals surface area contributed by atoms with Gasteiger partial charge in [0.25, 0.3) is 0 Å². The minimum Gasteiger partial charge on any atom is -0.492 e. The fourth-order valence-electron chi connectivity index (χ4n) is 3.31. The third-order valence-corrected chi connectivity index (χ3v) is 4.95. The van der Waals surface area contributed by atoms with Gasteiger partial charge in [0.15, 0.2) is 0 Å². The van der Waals surface area contributed by atoms with Crippen molar-refractivity contribution in [2.45, 2.75) is 13.8 Å². The topological polar surface area (TPSA) is 44.8 Å². The van der Waals surface area contributed by atoms with Crippen LogP contribution in [0.3, 0.4) is 0 Å². The number of rotatable bonds is 6. The van der Waals surface area contributed by atoms with Crippen molar-refractivity contribution in [3.8, 4) is 5.75 Å². The Kier molecular flexibility index (Phi) is 6.58. The lowest BCUT2D eigenvalue weighted by Gasteiger charge is -2.36. The molecule has 0 spiro atoms. The quantitative estimate of drug-likeness (QED) is 0.818. The average Bonchev–Trinajstić information content (AvgIpc) is 2.66. The Hall–Kier alpha value is -2.24. The molecule has 6 heteroatoms. The van der Waals surface area contributed by atoms with Crippen LogP contribution in [0.5, 0.6) is 5.75 Å². The zero-order valence-electron chi connectivity index (χ0n) is 15.9. The molecule has 1 heterocycles. The van der Waals surface area contributed by atoms with E-state index in [1.807, 2.05) is 49.4 Å². The Morgan fingerprint density at radius 2 is 1.89 bits per heavy atom. The number of amides is 1. The van der Waals surface area contributed by atoms with Crippen molar-refractivity contribution >= 4 is 28.9 Å². The predicted octanol–water partition coefficient (Wildman–Crippen LogP) is 3.81. The van der Waals surface area contributed by atoms with E-state index in [2.05, 4.69) is 22.0 Å². The summed E-state index contributed by atoms with van der Waals surface area (Å²) < 4.78 is 5.57. The van der Waals surface area contributed by atoms with Crippen LogP contribution in [-0.4, -0.2) is 50.1 Å². The number of hydrogen-bond acceptors (Lipinski definition) is 4. The van der Waals surface area contributed by atoms with Gasteiger partial charge in [-0.3, -0.25) is 9.69 Å². The molecular formula is C21H26ClN3O2. The molecule has 1 fully saturated rings. The molecule has 2 aromatic carbocycles. The maximum atomic E-state index is 12.4. The summed E-state index contributed by atoms with van der Waals surface area (Å²) in [5, 5.41) is 3.72. The van der Waals surface area contributed by atoms with Gasteiger partial charge in [0.2, 0.25) is 5.91 Å². The number of para-hydroxylation sites is 2. The lowest BCUT2D eigenvalue weighted by Crippen LogP contribution is -2.48. The minimum atomic E-state index is -0.0189. The highest BCUT2D eigenvalue weighted by Crippen LogP contribution is 2.26. The molecule has 1 saturated heterocycles. The van der Waals surface area contributed by atoms with Crippen LogP contribution in [-0.2, 0) is 4.79 Å². The first-order valence-corrected chi connectivity index (χ1v) is 9.69. The minimum absolute atomic E-state index is 0.0189. The third kappa shape index (κ3) is 5.15. The van der Waals surface area contributed by atoms with Gasteiger partial charge < -0.3 is 15.0 Å². The predicted molar refractivity (Wildman–Crippen MR) is 111 cm³/mol. The van der Waals surface area contributed by atoms with E-state index in [1.165, 1.54) is 11.3 Å². The maximum absolute atomic E-state index is 12.4. The molecule has 0 saturated carbocycles. The highest BCUT2D eigenvalue weighted by Gasteiger charge is 2.20. The van der Waals surface area contributed by atoms with Gasteiger partial charge in [0.05, 0.1) is 18.8 Å². The molecule has 2 aromatic rings. The molecule has 0 atom stereocenters. The Morgan fingerprint density at radius 1 is 1.15 bits per heavy atom. The first kappa shape index (κ1) is 19.5. The van der Waals surface area contributed by atoms with E-state index < -0.39 is 0 Å². The Morgan fingerprint density at radius 3 is 2.63 bits per heavy atom. The van der Waals surface area contributed by atoms with Crippen molar-refractivity contribution in [3.05, 3.63) is 53.1 Å². The zero-order chi connectivity index (χ0) is 19.2. The molecule has 27 heavy (non-hydrogen) atoms. The summed E-state index contributed by atoms with van der Waals surface area (Å²) in [7, 11) is 0. The highest BCUT2D eigenvalue weighted by atomic mass is 35.5. The second kappa shape index (κ2) is 9.11. The van der Waals surface area contributed by atoms with E-state index >= 15 is 0 Å².